The molecule has 2 heterocycles. The summed E-state index contributed by atoms with van der Waals surface area (Å²) in [4.78, 5) is 18.4. The van der Waals surface area contributed by atoms with Crippen molar-refractivity contribution in [3.8, 4) is 11.5 Å². The van der Waals surface area contributed by atoms with Crippen LogP contribution in [0, 0.1) is 0 Å². The largest absolute Gasteiger partial charge is 0.497 e. The Hall–Kier alpha value is -3.81. The molecule has 0 saturated carbocycles. The van der Waals surface area contributed by atoms with Gasteiger partial charge in [-0.1, -0.05) is 17.3 Å². The first-order chi connectivity index (χ1) is 14.5. The molecule has 1 unspecified atom stereocenters. The molecule has 8 heteroatoms. The van der Waals surface area contributed by atoms with E-state index in [-0.39, 0.29) is 24.2 Å². The highest BCUT2D eigenvalue weighted by atomic mass is 16.5. The minimum Gasteiger partial charge on any atom is -0.497 e. The zero-order valence-electron chi connectivity index (χ0n) is 16.9. The third-order valence-electron chi connectivity index (χ3n) is 4.94. The Bertz CT molecular complexity index is 1150. The molecule has 2 aromatic heterocycles. The third-order valence-corrected chi connectivity index (χ3v) is 4.94. The average molecular weight is 407 g/mol. The number of oxazole rings is 1. The van der Waals surface area contributed by atoms with Crippen LogP contribution in [0.25, 0.3) is 10.8 Å². The van der Waals surface area contributed by atoms with Crippen molar-refractivity contribution in [3.63, 3.8) is 0 Å². The van der Waals surface area contributed by atoms with Crippen molar-refractivity contribution in [2.75, 3.05) is 14.2 Å². The Kier molecular flexibility index (Phi) is 5.38. The molecule has 4 aromatic rings. The van der Waals surface area contributed by atoms with Crippen molar-refractivity contribution in [2.45, 2.75) is 19.6 Å². The van der Waals surface area contributed by atoms with Crippen LogP contribution in [0.2, 0.25) is 0 Å². The topological polar surface area (TPSA) is 90.8 Å². The van der Waals surface area contributed by atoms with E-state index in [1.807, 2.05) is 43.3 Å². The highest BCUT2D eigenvalue weighted by molar-refractivity contribution is 5.92. The number of nitrogens with zero attached hydrogens (tertiary/aromatic N) is 3. The second-order valence-electron chi connectivity index (χ2n) is 6.81. The van der Waals surface area contributed by atoms with Crippen LogP contribution in [0.5, 0.6) is 11.5 Å². The first kappa shape index (κ1) is 19.5. The SMILES string of the molecule is COc1ccc2ccc(OCc3nc(C(=O)N(C)C(C)c4ccon4)co3)cc2c1. The number of rotatable bonds is 7. The van der Waals surface area contributed by atoms with Gasteiger partial charge in [-0.2, -0.15) is 0 Å². The number of benzene rings is 2. The van der Waals surface area contributed by atoms with Gasteiger partial charge in [0.25, 0.3) is 5.91 Å². The number of fused-ring (bicyclic) bond motifs is 1. The van der Waals surface area contributed by atoms with Gasteiger partial charge >= 0.3 is 0 Å². The molecular weight excluding hydrogens is 386 g/mol. The highest BCUT2D eigenvalue weighted by Gasteiger charge is 2.23. The molecule has 4 rings (SSSR count). The Morgan fingerprint density at radius 1 is 1.13 bits per heavy atom. The molecule has 1 amide bonds. The van der Waals surface area contributed by atoms with Gasteiger partial charge in [-0.3, -0.25) is 4.79 Å². The van der Waals surface area contributed by atoms with E-state index in [1.54, 1.807) is 20.2 Å². The summed E-state index contributed by atoms with van der Waals surface area (Å²) in [6, 6.07) is 13.1. The van der Waals surface area contributed by atoms with Gasteiger partial charge in [0.05, 0.1) is 13.2 Å². The standard InChI is InChI=1S/C22H21N3O5/c1-14(19-8-9-30-24-19)25(2)22(26)20-12-29-21(23-20)13-28-18-7-5-15-4-6-17(27-3)10-16(15)11-18/h4-12,14H,13H2,1-3H3. The quantitative estimate of drug-likeness (QED) is 0.453. The number of amides is 1. The van der Waals surface area contributed by atoms with Gasteiger partial charge in [0.15, 0.2) is 12.3 Å². The first-order valence-corrected chi connectivity index (χ1v) is 9.37. The molecule has 0 fully saturated rings. The molecule has 2 aromatic carbocycles. The summed E-state index contributed by atoms with van der Waals surface area (Å²) >= 11 is 0. The lowest BCUT2D eigenvalue weighted by atomic mass is 10.1. The lowest BCUT2D eigenvalue weighted by Gasteiger charge is -2.21. The molecule has 0 N–H and O–H groups in total. The summed E-state index contributed by atoms with van der Waals surface area (Å²) in [6.07, 6.45) is 2.80. The molecule has 0 aliphatic carbocycles. The van der Waals surface area contributed by atoms with Gasteiger partial charge < -0.3 is 23.3 Å². The van der Waals surface area contributed by atoms with Gasteiger partial charge in [0, 0.05) is 13.1 Å². The summed E-state index contributed by atoms with van der Waals surface area (Å²) in [5, 5.41) is 5.95. The van der Waals surface area contributed by atoms with E-state index in [9.17, 15) is 4.79 Å². The predicted molar refractivity (Wildman–Crippen MR) is 108 cm³/mol. The third kappa shape index (κ3) is 3.98. The van der Waals surface area contributed by atoms with Crippen LogP contribution in [0.4, 0.5) is 0 Å². The van der Waals surface area contributed by atoms with E-state index in [4.69, 9.17) is 18.4 Å². The maximum absolute atomic E-state index is 12.7. The number of hydrogen-bond donors (Lipinski definition) is 0. The molecule has 1 atom stereocenters. The molecule has 0 bridgehead atoms. The maximum Gasteiger partial charge on any atom is 0.276 e. The Balaban J connectivity index is 1.42. The predicted octanol–water partition coefficient (Wildman–Crippen LogP) is 4.24. The van der Waals surface area contributed by atoms with Crippen molar-refractivity contribution < 1.29 is 23.2 Å². The Morgan fingerprint density at radius 2 is 1.90 bits per heavy atom. The first-order valence-electron chi connectivity index (χ1n) is 9.37. The number of ether oxygens (including phenoxy) is 2. The van der Waals surface area contributed by atoms with Crippen molar-refractivity contribution in [2.24, 2.45) is 0 Å². The number of methoxy groups -OCH3 is 1. The van der Waals surface area contributed by atoms with Crippen molar-refractivity contribution in [1.29, 1.82) is 0 Å². The number of carbonyl (C=O) groups is 1. The van der Waals surface area contributed by atoms with E-state index in [0.717, 1.165) is 16.5 Å². The zero-order chi connectivity index (χ0) is 21.1. The smallest absolute Gasteiger partial charge is 0.276 e. The summed E-state index contributed by atoms with van der Waals surface area (Å²) in [6.45, 7) is 1.96. The van der Waals surface area contributed by atoms with Crippen LogP contribution in [-0.4, -0.2) is 35.1 Å². The van der Waals surface area contributed by atoms with Gasteiger partial charge in [-0.15, -0.1) is 0 Å². The number of carbonyl (C=O) groups excluding carboxylic acids is 1. The van der Waals surface area contributed by atoms with E-state index in [1.165, 1.54) is 17.4 Å². The van der Waals surface area contributed by atoms with Crippen molar-refractivity contribution in [3.05, 3.63) is 72.3 Å². The fourth-order valence-electron chi connectivity index (χ4n) is 3.03. The highest BCUT2D eigenvalue weighted by Crippen LogP contribution is 2.25. The van der Waals surface area contributed by atoms with E-state index < -0.39 is 0 Å². The molecule has 30 heavy (non-hydrogen) atoms. The van der Waals surface area contributed by atoms with Crippen molar-refractivity contribution >= 4 is 16.7 Å². The van der Waals surface area contributed by atoms with Gasteiger partial charge in [0.1, 0.15) is 29.7 Å². The second-order valence-corrected chi connectivity index (χ2v) is 6.81. The minimum absolute atomic E-state index is 0.102. The minimum atomic E-state index is -0.279. The van der Waals surface area contributed by atoms with E-state index >= 15 is 0 Å². The van der Waals surface area contributed by atoms with Crippen LogP contribution in [0.15, 0.2) is 63.9 Å². The van der Waals surface area contributed by atoms with Gasteiger partial charge in [-0.05, 0) is 42.0 Å². The van der Waals surface area contributed by atoms with Crippen LogP contribution < -0.4 is 9.47 Å². The molecule has 0 saturated heterocycles. The van der Waals surface area contributed by atoms with E-state index in [0.29, 0.717) is 17.3 Å². The summed E-state index contributed by atoms with van der Waals surface area (Å²) in [7, 11) is 3.31. The summed E-state index contributed by atoms with van der Waals surface area (Å²) in [5.74, 6) is 1.47. The molecular formula is C22H21N3O5. The van der Waals surface area contributed by atoms with Crippen LogP contribution in [0.3, 0.4) is 0 Å². The Morgan fingerprint density at radius 3 is 2.63 bits per heavy atom. The fraction of sp³-hybridized carbons (Fsp3) is 0.227. The average Bonchev–Trinajstić information content (AvgIpc) is 3.48. The number of hydrogen-bond acceptors (Lipinski definition) is 7. The zero-order valence-corrected chi connectivity index (χ0v) is 16.9. The normalized spacial score (nSPS) is 12.0. The lowest BCUT2D eigenvalue weighted by Crippen LogP contribution is -2.30. The molecule has 8 nitrogen and oxygen atoms in total. The number of aromatic nitrogens is 2. The lowest BCUT2D eigenvalue weighted by molar-refractivity contribution is 0.0731. The summed E-state index contributed by atoms with van der Waals surface area (Å²) < 4.78 is 21.3. The molecule has 0 spiro atoms. The van der Waals surface area contributed by atoms with E-state index in [2.05, 4.69) is 10.1 Å². The van der Waals surface area contributed by atoms with Crippen LogP contribution >= 0.6 is 0 Å². The monoisotopic (exact) mass is 407 g/mol. The fourth-order valence-corrected chi connectivity index (χ4v) is 3.03. The molecule has 0 aliphatic heterocycles. The molecule has 0 aliphatic rings. The molecule has 154 valence electrons. The molecule has 0 radical (unpaired) electrons. The van der Waals surface area contributed by atoms with Gasteiger partial charge in [-0.25, -0.2) is 4.98 Å². The second kappa shape index (κ2) is 8.28. The van der Waals surface area contributed by atoms with Crippen LogP contribution in [-0.2, 0) is 6.61 Å². The Labute approximate surface area is 173 Å². The summed E-state index contributed by atoms with van der Waals surface area (Å²) in [5.41, 5.74) is 0.862. The van der Waals surface area contributed by atoms with Crippen LogP contribution in [0.1, 0.15) is 35.0 Å². The van der Waals surface area contributed by atoms with Gasteiger partial charge in [0.2, 0.25) is 5.89 Å². The maximum atomic E-state index is 12.7. The van der Waals surface area contributed by atoms with Crippen molar-refractivity contribution in [1.82, 2.24) is 15.0 Å².